The van der Waals surface area contributed by atoms with Crippen LogP contribution in [-0.4, -0.2) is 12.8 Å². The summed E-state index contributed by atoms with van der Waals surface area (Å²) in [6.07, 6.45) is 7.67. The van der Waals surface area contributed by atoms with Gasteiger partial charge in [0, 0.05) is 22.8 Å². The van der Waals surface area contributed by atoms with Gasteiger partial charge >= 0.3 is 0 Å². The Kier molecular flexibility index (Phi) is 7.38. The third kappa shape index (κ3) is 5.57. The van der Waals surface area contributed by atoms with E-state index in [2.05, 4.69) is 66.0 Å². The molecule has 0 aromatic heterocycles. The third-order valence-electron chi connectivity index (χ3n) is 7.46. The Morgan fingerprint density at radius 2 is 1.74 bits per heavy atom. The van der Waals surface area contributed by atoms with Crippen LogP contribution in [0, 0.1) is 5.92 Å². The molecule has 0 radical (unpaired) electrons. The predicted octanol–water partition coefficient (Wildman–Crippen LogP) is 8.89. The fourth-order valence-corrected chi connectivity index (χ4v) is 5.65. The Morgan fingerprint density at radius 1 is 0.923 bits per heavy atom. The molecular weight excluding hydrogens is 504 g/mol. The van der Waals surface area contributed by atoms with E-state index in [9.17, 15) is 0 Å². The molecule has 0 unspecified atom stereocenters. The van der Waals surface area contributed by atoms with E-state index < -0.39 is 0 Å². The maximum atomic E-state index is 6.03. The van der Waals surface area contributed by atoms with Gasteiger partial charge in [-0.05, 0) is 90.0 Å². The highest BCUT2D eigenvalue weighted by Gasteiger charge is 2.37. The first-order chi connectivity index (χ1) is 19.2. The normalized spacial score (nSPS) is 19.4. The fourth-order valence-electron chi connectivity index (χ4n) is 5.52. The van der Waals surface area contributed by atoms with E-state index in [4.69, 9.17) is 26.1 Å². The highest BCUT2D eigenvalue weighted by atomic mass is 35.5. The highest BCUT2D eigenvalue weighted by molar-refractivity contribution is 6.30. The van der Waals surface area contributed by atoms with Gasteiger partial charge < -0.3 is 14.8 Å². The molecule has 0 spiro atoms. The van der Waals surface area contributed by atoms with Crippen LogP contribution in [0.15, 0.2) is 108 Å². The molecule has 0 fully saturated rings. The molecule has 5 heteroatoms. The molecule has 196 valence electrons. The summed E-state index contributed by atoms with van der Waals surface area (Å²) < 4.78 is 11.9. The van der Waals surface area contributed by atoms with E-state index >= 15 is 0 Å². The van der Waals surface area contributed by atoms with Gasteiger partial charge in [-0.2, -0.15) is 0 Å². The molecule has 1 aliphatic heterocycles. The monoisotopic (exact) mass is 534 g/mol. The maximum absolute atomic E-state index is 6.03. The number of nitrogens with one attached hydrogen (secondary N) is 1. The Bertz CT molecular complexity index is 1490. The van der Waals surface area contributed by atoms with Crippen LogP contribution in [0.5, 0.6) is 11.5 Å². The molecule has 0 saturated carbocycles. The van der Waals surface area contributed by atoms with Crippen LogP contribution in [0.1, 0.15) is 47.6 Å². The summed E-state index contributed by atoms with van der Waals surface area (Å²) >= 11 is 5.99. The van der Waals surface area contributed by atoms with Gasteiger partial charge in [0.1, 0.15) is 6.61 Å². The van der Waals surface area contributed by atoms with E-state index in [1.165, 1.54) is 16.8 Å². The topological polar surface area (TPSA) is 42.8 Å². The van der Waals surface area contributed by atoms with Gasteiger partial charge in [-0.25, -0.2) is 0 Å². The van der Waals surface area contributed by atoms with E-state index in [0.717, 1.165) is 23.2 Å². The molecule has 2 aliphatic rings. The van der Waals surface area contributed by atoms with Crippen molar-refractivity contribution in [2.45, 2.75) is 31.9 Å². The fraction of sp³-hybridized carbons (Fsp3) is 0.206. The maximum Gasteiger partial charge on any atom is 0.161 e. The molecule has 0 bridgehead atoms. The first-order valence-corrected chi connectivity index (χ1v) is 13.9. The van der Waals surface area contributed by atoms with Crippen LogP contribution in [0.3, 0.4) is 0 Å². The lowest BCUT2D eigenvalue weighted by Crippen LogP contribution is -2.28. The zero-order chi connectivity index (χ0) is 26.6. The van der Waals surface area contributed by atoms with Gasteiger partial charge in [-0.15, -0.1) is 0 Å². The summed E-state index contributed by atoms with van der Waals surface area (Å²) in [6, 6.07) is 31.1. The molecule has 4 nitrogen and oxygen atoms in total. The summed E-state index contributed by atoms with van der Waals surface area (Å²) in [5, 5.41) is 4.51. The van der Waals surface area contributed by atoms with Gasteiger partial charge in [0.25, 0.3) is 0 Å². The molecule has 4 aromatic rings. The third-order valence-corrected chi connectivity index (χ3v) is 7.71. The SMILES string of the molecule is CCOc1cc(C=Nc2ccc([C@@H]3Nc4ccccc4[C@H]4C=CC[C@H]43)cc2)ccc1OCc1ccc(Cl)cc1. The van der Waals surface area contributed by atoms with Crippen molar-refractivity contribution in [1.82, 2.24) is 0 Å². The number of aliphatic imine (C=N–C) groups is 1. The van der Waals surface area contributed by atoms with Crippen molar-refractivity contribution in [1.29, 1.82) is 0 Å². The zero-order valence-corrected chi connectivity index (χ0v) is 22.6. The van der Waals surface area contributed by atoms with Crippen molar-refractivity contribution in [3.8, 4) is 11.5 Å². The van der Waals surface area contributed by atoms with Crippen LogP contribution >= 0.6 is 11.6 Å². The van der Waals surface area contributed by atoms with Crippen LogP contribution in [-0.2, 0) is 6.61 Å². The quantitative estimate of drug-likeness (QED) is 0.181. The minimum Gasteiger partial charge on any atom is -0.490 e. The molecule has 0 amide bonds. The number of rotatable bonds is 8. The smallest absolute Gasteiger partial charge is 0.161 e. The van der Waals surface area contributed by atoms with Crippen molar-refractivity contribution in [2.24, 2.45) is 10.9 Å². The molecule has 4 aromatic carbocycles. The van der Waals surface area contributed by atoms with Gasteiger partial charge in [0.15, 0.2) is 11.5 Å². The highest BCUT2D eigenvalue weighted by Crippen LogP contribution is 2.49. The molecule has 6 rings (SSSR count). The predicted molar refractivity (Wildman–Crippen MR) is 160 cm³/mol. The zero-order valence-electron chi connectivity index (χ0n) is 21.9. The van der Waals surface area contributed by atoms with Gasteiger partial charge in [-0.3, -0.25) is 4.99 Å². The van der Waals surface area contributed by atoms with Crippen molar-refractivity contribution in [2.75, 3.05) is 11.9 Å². The van der Waals surface area contributed by atoms with Crippen molar-refractivity contribution < 1.29 is 9.47 Å². The Balaban J connectivity index is 1.15. The Hall–Kier alpha value is -4.02. The van der Waals surface area contributed by atoms with E-state index in [1.807, 2.05) is 55.6 Å². The number of benzene rings is 4. The summed E-state index contributed by atoms with van der Waals surface area (Å²) in [5.74, 6) is 2.41. The van der Waals surface area contributed by atoms with Gasteiger partial charge in [0.05, 0.1) is 18.3 Å². The molecular formula is C34H31ClN2O2. The average molecular weight is 535 g/mol. The second-order valence-corrected chi connectivity index (χ2v) is 10.4. The summed E-state index contributed by atoms with van der Waals surface area (Å²) in [4.78, 5) is 4.73. The number of hydrogen-bond acceptors (Lipinski definition) is 4. The molecule has 0 saturated heterocycles. The van der Waals surface area contributed by atoms with Crippen LogP contribution < -0.4 is 14.8 Å². The molecule has 39 heavy (non-hydrogen) atoms. The van der Waals surface area contributed by atoms with E-state index in [-0.39, 0.29) is 6.04 Å². The van der Waals surface area contributed by atoms with Crippen LogP contribution in [0.2, 0.25) is 5.02 Å². The molecule has 1 N–H and O–H groups in total. The number of fused-ring (bicyclic) bond motifs is 3. The first kappa shape index (κ1) is 25.3. The number of nitrogens with zero attached hydrogens (tertiary/aromatic N) is 1. The summed E-state index contributed by atoms with van der Waals surface area (Å²) in [5.41, 5.74) is 6.85. The Morgan fingerprint density at radius 3 is 2.56 bits per heavy atom. The van der Waals surface area contributed by atoms with Gasteiger partial charge in [-0.1, -0.05) is 66.2 Å². The van der Waals surface area contributed by atoms with Crippen molar-refractivity contribution in [3.63, 3.8) is 0 Å². The lowest BCUT2D eigenvalue weighted by atomic mass is 9.77. The van der Waals surface area contributed by atoms with Gasteiger partial charge in [0.2, 0.25) is 0 Å². The van der Waals surface area contributed by atoms with Crippen molar-refractivity contribution >= 4 is 29.2 Å². The molecule has 3 atom stereocenters. The van der Waals surface area contributed by atoms with Crippen molar-refractivity contribution in [3.05, 3.63) is 130 Å². The van der Waals surface area contributed by atoms with E-state index in [0.29, 0.717) is 41.6 Å². The Labute approximate surface area is 235 Å². The lowest BCUT2D eigenvalue weighted by molar-refractivity contribution is 0.269. The average Bonchev–Trinajstić information content (AvgIpc) is 3.47. The number of halogens is 1. The lowest BCUT2D eigenvalue weighted by Gasteiger charge is -2.37. The number of hydrogen-bond donors (Lipinski definition) is 1. The molecule has 1 aliphatic carbocycles. The second-order valence-electron chi connectivity index (χ2n) is 9.97. The minimum absolute atomic E-state index is 0.284. The summed E-state index contributed by atoms with van der Waals surface area (Å²) in [6.45, 7) is 2.96. The number of allylic oxidation sites excluding steroid dienone is 2. The van der Waals surface area contributed by atoms with Crippen LogP contribution in [0.25, 0.3) is 0 Å². The second kappa shape index (κ2) is 11.4. The molecule has 1 heterocycles. The van der Waals surface area contributed by atoms with Crippen LogP contribution in [0.4, 0.5) is 11.4 Å². The largest absolute Gasteiger partial charge is 0.490 e. The number of anilines is 1. The first-order valence-electron chi connectivity index (χ1n) is 13.5. The minimum atomic E-state index is 0.284. The number of ether oxygens (including phenoxy) is 2. The van der Waals surface area contributed by atoms with E-state index in [1.54, 1.807) is 0 Å². The number of para-hydroxylation sites is 1. The summed E-state index contributed by atoms with van der Waals surface area (Å²) in [7, 11) is 0. The standard InChI is InChI=1S/C34H31ClN2O2/c1-2-38-33-20-24(12-19-32(33)39-22-23-10-15-26(35)16-11-23)21-36-27-17-13-25(14-18-27)34-30-8-5-7-28(30)29-6-3-4-9-31(29)37-34/h3-7,9-21,28,30,34,37H,2,8,22H2,1H3/t28-,30-,34+/m1/s1.